The summed E-state index contributed by atoms with van der Waals surface area (Å²) in [6.07, 6.45) is 2.45. The van der Waals surface area contributed by atoms with E-state index < -0.39 is 0 Å². The van der Waals surface area contributed by atoms with Gasteiger partial charge in [0.15, 0.2) is 5.65 Å². The van der Waals surface area contributed by atoms with Crippen molar-refractivity contribution in [1.29, 1.82) is 0 Å². The molecule has 0 aliphatic heterocycles. The molecule has 6 heteroatoms. The molecule has 0 atom stereocenters. The Hall–Kier alpha value is -2.89. The average Bonchev–Trinajstić information content (AvgIpc) is 2.99. The largest absolute Gasteiger partial charge is 0.378 e. The highest BCUT2D eigenvalue weighted by Crippen LogP contribution is 2.15. The van der Waals surface area contributed by atoms with Crippen molar-refractivity contribution >= 4 is 22.8 Å². The molecule has 3 aromatic rings. The maximum Gasteiger partial charge on any atom is 0.251 e. The number of benzene rings is 1. The van der Waals surface area contributed by atoms with Crippen LogP contribution in [0.3, 0.4) is 0 Å². The molecule has 0 saturated heterocycles. The number of rotatable bonds is 6. The number of nitrogens with zero attached hydrogens (tertiary/aromatic N) is 4. The molecule has 3 rings (SSSR count). The maximum atomic E-state index is 12.4. The number of carbonyl (C=O) groups excluding carboxylic acids is 1. The summed E-state index contributed by atoms with van der Waals surface area (Å²) in [5.41, 5.74) is 3.46. The van der Waals surface area contributed by atoms with Crippen LogP contribution in [0.4, 0.5) is 5.69 Å². The Morgan fingerprint density at radius 2 is 2.08 bits per heavy atom. The number of carbonyl (C=O) groups is 1. The van der Waals surface area contributed by atoms with Crippen molar-refractivity contribution in [3.8, 4) is 0 Å². The van der Waals surface area contributed by atoms with Crippen LogP contribution in [-0.4, -0.2) is 41.1 Å². The molecule has 0 fully saturated rings. The minimum atomic E-state index is -0.0685. The van der Waals surface area contributed by atoms with Gasteiger partial charge in [-0.3, -0.25) is 4.79 Å². The van der Waals surface area contributed by atoms with Crippen LogP contribution in [0.25, 0.3) is 11.2 Å². The van der Waals surface area contributed by atoms with E-state index in [9.17, 15) is 4.79 Å². The van der Waals surface area contributed by atoms with E-state index in [2.05, 4.69) is 26.8 Å². The lowest BCUT2D eigenvalue weighted by Gasteiger charge is -2.13. The third kappa shape index (κ3) is 3.63. The van der Waals surface area contributed by atoms with E-state index in [4.69, 9.17) is 0 Å². The van der Waals surface area contributed by atoms with Crippen molar-refractivity contribution in [3.63, 3.8) is 0 Å². The maximum absolute atomic E-state index is 12.4. The lowest BCUT2D eigenvalue weighted by molar-refractivity contribution is 0.0954. The summed E-state index contributed by atoms with van der Waals surface area (Å²) in [6, 6.07) is 11.4. The predicted octanol–water partition coefficient (Wildman–Crippen LogP) is 2.49. The molecule has 1 aromatic carbocycles. The number of fused-ring (bicyclic) bond motifs is 1. The van der Waals surface area contributed by atoms with Gasteiger partial charge in [0.1, 0.15) is 11.3 Å². The van der Waals surface area contributed by atoms with E-state index in [1.54, 1.807) is 6.20 Å². The van der Waals surface area contributed by atoms with Gasteiger partial charge in [-0.15, -0.1) is 0 Å². The highest BCUT2D eigenvalue weighted by molar-refractivity contribution is 5.95. The van der Waals surface area contributed by atoms with Crippen LogP contribution in [0.1, 0.15) is 23.1 Å². The van der Waals surface area contributed by atoms with E-state index in [0.717, 1.165) is 29.2 Å². The molecule has 2 aromatic heterocycles. The van der Waals surface area contributed by atoms with Crippen molar-refractivity contribution in [3.05, 3.63) is 54.0 Å². The first-order chi connectivity index (χ1) is 12.1. The Morgan fingerprint density at radius 3 is 2.84 bits per heavy atom. The Labute approximate surface area is 147 Å². The zero-order chi connectivity index (χ0) is 17.8. The van der Waals surface area contributed by atoms with Crippen molar-refractivity contribution in [2.45, 2.75) is 19.9 Å². The van der Waals surface area contributed by atoms with Crippen molar-refractivity contribution in [1.82, 2.24) is 19.9 Å². The Morgan fingerprint density at radius 1 is 1.24 bits per heavy atom. The summed E-state index contributed by atoms with van der Waals surface area (Å²) in [6.45, 7) is 3.42. The highest BCUT2D eigenvalue weighted by atomic mass is 16.1. The summed E-state index contributed by atoms with van der Waals surface area (Å²) in [4.78, 5) is 23.4. The molecule has 0 aliphatic carbocycles. The summed E-state index contributed by atoms with van der Waals surface area (Å²) in [5.74, 6) is 0.875. The summed E-state index contributed by atoms with van der Waals surface area (Å²) < 4.78 is 2.09. The molecule has 6 nitrogen and oxygen atoms in total. The van der Waals surface area contributed by atoms with E-state index in [1.807, 2.05) is 55.4 Å². The van der Waals surface area contributed by atoms with Gasteiger partial charge in [0.2, 0.25) is 0 Å². The number of aromatic nitrogens is 3. The molecular weight excluding hydrogens is 314 g/mol. The smallest absolute Gasteiger partial charge is 0.251 e. The second-order valence-corrected chi connectivity index (χ2v) is 6.07. The second kappa shape index (κ2) is 7.34. The van der Waals surface area contributed by atoms with Gasteiger partial charge < -0.3 is 14.8 Å². The van der Waals surface area contributed by atoms with Gasteiger partial charge in [-0.25, -0.2) is 9.97 Å². The number of nitrogens with one attached hydrogen (secondary N) is 1. The fourth-order valence-electron chi connectivity index (χ4n) is 2.84. The zero-order valence-corrected chi connectivity index (χ0v) is 14.9. The molecule has 0 unspecified atom stereocenters. The average molecular weight is 337 g/mol. The minimum absolute atomic E-state index is 0.0685. The summed E-state index contributed by atoms with van der Waals surface area (Å²) in [7, 11) is 3.92. The van der Waals surface area contributed by atoms with E-state index in [0.29, 0.717) is 18.5 Å². The fourth-order valence-corrected chi connectivity index (χ4v) is 2.84. The van der Waals surface area contributed by atoms with Gasteiger partial charge >= 0.3 is 0 Å². The van der Waals surface area contributed by atoms with Crippen LogP contribution in [0.5, 0.6) is 0 Å². The molecule has 1 amide bonds. The van der Waals surface area contributed by atoms with E-state index in [-0.39, 0.29) is 5.91 Å². The molecule has 1 N–H and O–H groups in total. The van der Waals surface area contributed by atoms with Crippen LogP contribution >= 0.6 is 0 Å². The van der Waals surface area contributed by atoms with E-state index >= 15 is 0 Å². The zero-order valence-electron chi connectivity index (χ0n) is 14.9. The molecule has 25 heavy (non-hydrogen) atoms. The number of imidazole rings is 1. The molecule has 0 saturated carbocycles. The topological polar surface area (TPSA) is 63.1 Å². The molecule has 2 heterocycles. The Bertz CT molecular complexity index is 884. The molecule has 0 radical (unpaired) electrons. The van der Waals surface area contributed by atoms with Crippen molar-refractivity contribution in [2.24, 2.45) is 0 Å². The monoisotopic (exact) mass is 337 g/mol. The van der Waals surface area contributed by atoms with Crippen LogP contribution in [-0.2, 0) is 13.0 Å². The number of aryl methyl sites for hydroxylation is 1. The number of amides is 1. The number of hydrogen-bond acceptors (Lipinski definition) is 4. The van der Waals surface area contributed by atoms with Gasteiger partial charge in [0, 0.05) is 51.1 Å². The quantitative estimate of drug-likeness (QED) is 0.751. The van der Waals surface area contributed by atoms with Crippen molar-refractivity contribution in [2.75, 3.05) is 25.5 Å². The molecule has 130 valence electrons. The molecule has 0 aliphatic rings. The number of anilines is 1. The normalized spacial score (nSPS) is 10.8. The third-order valence-corrected chi connectivity index (χ3v) is 4.16. The van der Waals surface area contributed by atoms with Crippen LogP contribution in [0.15, 0.2) is 42.6 Å². The summed E-state index contributed by atoms with van der Waals surface area (Å²) >= 11 is 0. The highest BCUT2D eigenvalue weighted by Gasteiger charge is 2.11. The first-order valence-electron chi connectivity index (χ1n) is 8.46. The molecule has 0 bridgehead atoms. The van der Waals surface area contributed by atoms with Gasteiger partial charge in [0.05, 0.1) is 0 Å². The van der Waals surface area contributed by atoms with Gasteiger partial charge in [-0.2, -0.15) is 0 Å². The predicted molar refractivity (Wildman–Crippen MR) is 100 cm³/mol. The fraction of sp³-hybridized carbons (Fsp3) is 0.316. The number of hydrogen-bond donors (Lipinski definition) is 1. The van der Waals surface area contributed by atoms with Gasteiger partial charge in [-0.05, 0) is 37.3 Å². The van der Waals surface area contributed by atoms with E-state index in [1.165, 1.54) is 0 Å². The first-order valence-corrected chi connectivity index (χ1v) is 8.46. The van der Waals surface area contributed by atoms with Crippen LogP contribution in [0, 0.1) is 0 Å². The minimum Gasteiger partial charge on any atom is -0.378 e. The lowest BCUT2D eigenvalue weighted by atomic mass is 10.2. The van der Waals surface area contributed by atoms with Crippen LogP contribution < -0.4 is 10.2 Å². The summed E-state index contributed by atoms with van der Waals surface area (Å²) in [5, 5.41) is 2.98. The first kappa shape index (κ1) is 17.0. The molecular formula is C19H23N5O. The Balaban J connectivity index is 1.67. The lowest BCUT2D eigenvalue weighted by Crippen LogP contribution is -2.26. The van der Waals surface area contributed by atoms with Gasteiger partial charge in [-0.1, -0.05) is 6.07 Å². The number of pyridine rings is 1. The Kier molecular flexibility index (Phi) is 4.97. The SMILES string of the molecule is CCn1c(CCNC(=O)c2cccc(N(C)C)c2)nc2cccnc21. The van der Waals surface area contributed by atoms with Gasteiger partial charge in [0.25, 0.3) is 5.91 Å². The van der Waals surface area contributed by atoms with Crippen molar-refractivity contribution < 1.29 is 4.79 Å². The third-order valence-electron chi connectivity index (χ3n) is 4.16. The van der Waals surface area contributed by atoms with Crippen LogP contribution in [0.2, 0.25) is 0 Å². The standard InChI is InChI=1S/C19H23N5O/c1-4-24-17(22-16-9-6-11-20-18(16)24)10-12-21-19(25)14-7-5-8-15(13-14)23(2)3/h5-9,11,13H,4,10,12H2,1-3H3,(H,21,25). The molecule has 0 spiro atoms. The second-order valence-electron chi connectivity index (χ2n) is 6.07.